The normalized spacial score (nSPS) is 16.2. The standard InChI is InChI=1S/C21H18N8O/c1-13-15(6-4-8-22-13)20-25-26-21(30-20)28-10-7-16-18(24-12-23-16)19(28)17-11-14-5-2-3-9-29(14)27-17/h2-6,8-9,11-12,19H,7,10H2,1H3,(H,23,24). The molecule has 9 heteroatoms. The molecule has 6 rings (SSSR count). The molecule has 0 saturated heterocycles. The number of imidazole rings is 1. The Balaban J connectivity index is 1.45. The van der Waals surface area contributed by atoms with Gasteiger partial charge in [-0.25, -0.2) is 9.50 Å². The Hall–Kier alpha value is -4.01. The maximum atomic E-state index is 6.10. The predicted molar refractivity (Wildman–Crippen MR) is 109 cm³/mol. The second kappa shape index (κ2) is 6.51. The number of H-pyrrole nitrogens is 1. The number of aromatic amines is 1. The molecule has 0 aliphatic carbocycles. The number of hydrogen-bond donors (Lipinski definition) is 1. The van der Waals surface area contributed by atoms with Gasteiger partial charge in [0.1, 0.15) is 6.04 Å². The van der Waals surface area contributed by atoms with E-state index < -0.39 is 0 Å². The summed E-state index contributed by atoms with van der Waals surface area (Å²) in [6, 6.07) is 12.1. The fourth-order valence-electron chi connectivity index (χ4n) is 4.02. The molecule has 0 spiro atoms. The molecule has 1 unspecified atom stereocenters. The number of nitrogens with zero attached hydrogens (tertiary/aromatic N) is 7. The van der Waals surface area contributed by atoms with Gasteiger partial charge in [0.2, 0.25) is 0 Å². The summed E-state index contributed by atoms with van der Waals surface area (Å²) in [5, 5.41) is 13.4. The molecule has 0 amide bonds. The van der Waals surface area contributed by atoms with Crippen molar-refractivity contribution in [3.63, 3.8) is 0 Å². The van der Waals surface area contributed by atoms with Gasteiger partial charge in [-0.3, -0.25) is 4.98 Å². The first kappa shape index (κ1) is 16.9. The first-order valence-electron chi connectivity index (χ1n) is 9.76. The van der Waals surface area contributed by atoms with Crippen molar-refractivity contribution in [2.24, 2.45) is 0 Å². The van der Waals surface area contributed by atoms with E-state index in [0.29, 0.717) is 18.5 Å². The number of pyridine rings is 2. The van der Waals surface area contributed by atoms with E-state index in [2.05, 4.69) is 36.1 Å². The molecule has 30 heavy (non-hydrogen) atoms. The number of rotatable bonds is 3. The van der Waals surface area contributed by atoms with E-state index in [0.717, 1.165) is 40.3 Å². The lowest BCUT2D eigenvalue weighted by Gasteiger charge is -2.32. The molecule has 5 aromatic rings. The Morgan fingerprint density at radius 3 is 3.00 bits per heavy atom. The number of aromatic nitrogens is 7. The van der Waals surface area contributed by atoms with E-state index in [9.17, 15) is 0 Å². The number of aryl methyl sites for hydroxylation is 1. The number of nitrogens with one attached hydrogen (secondary N) is 1. The lowest BCUT2D eigenvalue weighted by atomic mass is 10.0. The Labute approximate surface area is 171 Å². The van der Waals surface area contributed by atoms with Crippen molar-refractivity contribution in [2.45, 2.75) is 19.4 Å². The second-order valence-electron chi connectivity index (χ2n) is 7.28. The van der Waals surface area contributed by atoms with Gasteiger partial charge in [-0.1, -0.05) is 11.2 Å². The highest BCUT2D eigenvalue weighted by Gasteiger charge is 2.36. The van der Waals surface area contributed by atoms with E-state index in [-0.39, 0.29) is 6.04 Å². The lowest BCUT2D eigenvalue weighted by Crippen LogP contribution is -2.36. The first-order valence-corrected chi connectivity index (χ1v) is 9.76. The van der Waals surface area contributed by atoms with E-state index >= 15 is 0 Å². The summed E-state index contributed by atoms with van der Waals surface area (Å²) in [7, 11) is 0. The van der Waals surface area contributed by atoms with Gasteiger partial charge in [-0.15, -0.1) is 5.10 Å². The van der Waals surface area contributed by atoms with Crippen LogP contribution in [-0.2, 0) is 6.42 Å². The van der Waals surface area contributed by atoms with Crippen LogP contribution in [0.4, 0.5) is 6.01 Å². The van der Waals surface area contributed by atoms with Gasteiger partial charge < -0.3 is 14.3 Å². The Morgan fingerprint density at radius 1 is 1.13 bits per heavy atom. The molecule has 0 fully saturated rings. The van der Waals surface area contributed by atoms with Crippen molar-refractivity contribution in [3.05, 3.63) is 77.9 Å². The van der Waals surface area contributed by atoms with Crippen LogP contribution in [0.1, 0.15) is 28.8 Å². The second-order valence-corrected chi connectivity index (χ2v) is 7.28. The number of anilines is 1. The van der Waals surface area contributed by atoms with Crippen LogP contribution in [0.3, 0.4) is 0 Å². The minimum absolute atomic E-state index is 0.219. The van der Waals surface area contributed by atoms with Gasteiger partial charge in [0, 0.05) is 36.7 Å². The smallest absolute Gasteiger partial charge is 0.319 e. The third kappa shape index (κ3) is 2.59. The van der Waals surface area contributed by atoms with Crippen LogP contribution in [0.25, 0.3) is 17.0 Å². The lowest BCUT2D eigenvalue weighted by molar-refractivity contribution is 0.503. The number of fused-ring (bicyclic) bond motifs is 2. The summed E-state index contributed by atoms with van der Waals surface area (Å²) in [6.45, 7) is 2.64. The van der Waals surface area contributed by atoms with E-state index in [4.69, 9.17) is 9.52 Å². The molecule has 5 aromatic heterocycles. The highest BCUT2D eigenvalue weighted by molar-refractivity contribution is 5.57. The van der Waals surface area contributed by atoms with Crippen LogP contribution in [0.5, 0.6) is 0 Å². The molecular formula is C21H18N8O. The van der Waals surface area contributed by atoms with Crippen LogP contribution >= 0.6 is 0 Å². The van der Waals surface area contributed by atoms with Crippen molar-refractivity contribution < 1.29 is 4.42 Å². The van der Waals surface area contributed by atoms with Crippen molar-refractivity contribution in [1.29, 1.82) is 0 Å². The summed E-state index contributed by atoms with van der Waals surface area (Å²) >= 11 is 0. The maximum Gasteiger partial charge on any atom is 0.319 e. The van der Waals surface area contributed by atoms with Crippen LogP contribution in [-0.4, -0.2) is 41.3 Å². The van der Waals surface area contributed by atoms with Gasteiger partial charge in [-0.05, 0) is 37.3 Å². The van der Waals surface area contributed by atoms with Crippen LogP contribution < -0.4 is 4.90 Å². The predicted octanol–water partition coefficient (Wildman–Crippen LogP) is 2.96. The van der Waals surface area contributed by atoms with Gasteiger partial charge in [0.25, 0.3) is 5.89 Å². The van der Waals surface area contributed by atoms with Crippen molar-refractivity contribution in [3.8, 4) is 11.5 Å². The molecule has 148 valence electrons. The van der Waals surface area contributed by atoms with Crippen molar-refractivity contribution >= 4 is 11.5 Å². The highest BCUT2D eigenvalue weighted by atomic mass is 16.4. The topological polar surface area (TPSA) is 101 Å². The Morgan fingerprint density at radius 2 is 2.10 bits per heavy atom. The zero-order valence-electron chi connectivity index (χ0n) is 16.2. The average Bonchev–Trinajstić information content (AvgIpc) is 3.51. The molecule has 1 aliphatic heterocycles. The molecule has 0 bridgehead atoms. The first-order chi connectivity index (χ1) is 14.8. The molecule has 1 N–H and O–H groups in total. The summed E-state index contributed by atoms with van der Waals surface area (Å²) in [6.07, 6.45) is 6.23. The Kier molecular flexibility index (Phi) is 3.67. The van der Waals surface area contributed by atoms with Crippen LogP contribution in [0, 0.1) is 6.92 Å². The van der Waals surface area contributed by atoms with Gasteiger partial charge in [-0.2, -0.15) is 5.10 Å². The minimum Gasteiger partial charge on any atom is -0.403 e. The van der Waals surface area contributed by atoms with E-state index in [1.807, 2.05) is 48.0 Å². The van der Waals surface area contributed by atoms with E-state index in [1.165, 1.54) is 0 Å². The summed E-state index contributed by atoms with van der Waals surface area (Å²) in [4.78, 5) is 14.2. The third-order valence-electron chi connectivity index (χ3n) is 5.49. The molecule has 6 heterocycles. The largest absolute Gasteiger partial charge is 0.403 e. The maximum absolute atomic E-state index is 6.10. The molecule has 1 aliphatic rings. The molecule has 0 radical (unpaired) electrons. The highest BCUT2D eigenvalue weighted by Crippen LogP contribution is 2.37. The molecule has 0 saturated carbocycles. The minimum atomic E-state index is -0.219. The fourth-order valence-corrected chi connectivity index (χ4v) is 4.02. The van der Waals surface area contributed by atoms with Crippen LogP contribution in [0.15, 0.2) is 59.5 Å². The third-order valence-corrected chi connectivity index (χ3v) is 5.49. The monoisotopic (exact) mass is 398 g/mol. The summed E-state index contributed by atoms with van der Waals surface area (Å²) in [5.74, 6) is 0.456. The van der Waals surface area contributed by atoms with Gasteiger partial charge >= 0.3 is 6.01 Å². The quantitative estimate of drug-likeness (QED) is 0.498. The fraction of sp³-hybridized carbons (Fsp3) is 0.190. The molecule has 0 aromatic carbocycles. The van der Waals surface area contributed by atoms with E-state index in [1.54, 1.807) is 12.5 Å². The van der Waals surface area contributed by atoms with Gasteiger partial charge in [0.15, 0.2) is 0 Å². The molecule has 1 atom stereocenters. The molecule has 9 nitrogen and oxygen atoms in total. The van der Waals surface area contributed by atoms with Crippen LogP contribution in [0.2, 0.25) is 0 Å². The number of hydrogen-bond acceptors (Lipinski definition) is 7. The van der Waals surface area contributed by atoms with Crippen molar-refractivity contribution in [2.75, 3.05) is 11.4 Å². The van der Waals surface area contributed by atoms with Crippen molar-refractivity contribution in [1.82, 2.24) is 34.8 Å². The molecular weight excluding hydrogens is 380 g/mol. The SMILES string of the molecule is Cc1ncccc1-c1nnc(N2CCc3[nH]cnc3C2c2cc3ccccn3n2)o1. The van der Waals surface area contributed by atoms with Gasteiger partial charge in [0.05, 0.1) is 28.8 Å². The zero-order chi connectivity index (χ0) is 20.1. The zero-order valence-corrected chi connectivity index (χ0v) is 16.2. The summed E-state index contributed by atoms with van der Waals surface area (Å²) < 4.78 is 7.97. The Bertz CT molecular complexity index is 1320. The average molecular weight is 398 g/mol. The summed E-state index contributed by atoms with van der Waals surface area (Å²) in [5.41, 5.74) is 5.62.